The van der Waals surface area contributed by atoms with Crippen LogP contribution in [0.3, 0.4) is 0 Å². The average Bonchev–Trinajstić information content (AvgIpc) is 2.39. The molecule has 0 saturated carbocycles. The standard InChI is InChI=1S/C15H20N2O2/c1-12-6-5-9-17(11-12)15(19)10-14(18)16-13-7-3-2-4-8-13/h2-4,7-8,12H,5-6,9-11H2,1H3,(H,16,18). The van der Waals surface area contributed by atoms with Crippen molar-refractivity contribution in [3.63, 3.8) is 0 Å². The number of carbonyl (C=O) groups is 2. The lowest BCUT2D eigenvalue weighted by atomic mass is 10.00. The highest BCUT2D eigenvalue weighted by Gasteiger charge is 2.22. The van der Waals surface area contributed by atoms with E-state index in [0.29, 0.717) is 5.92 Å². The van der Waals surface area contributed by atoms with Gasteiger partial charge in [-0.2, -0.15) is 0 Å². The van der Waals surface area contributed by atoms with Gasteiger partial charge in [0.25, 0.3) is 0 Å². The van der Waals surface area contributed by atoms with E-state index in [4.69, 9.17) is 0 Å². The summed E-state index contributed by atoms with van der Waals surface area (Å²) < 4.78 is 0. The van der Waals surface area contributed by atoms with Gasteiger partial charge in [-0.15, -0.1) is 0 Å². The average molecular weight is 260 g/mol. The van der Waals surface area contributed by atoms with Crippen molar-refractivity contribution in [2.75, 3.05) is 18.4 Å². The van der Waals surface area contributed by atoms with Crippen molar-refractivity contribution in [1.82, 2.24) is 4.90 Å². The van der Waals surface area contributed by atoms with E-state index in [1.165, 1.54) is 6.42 Å². The zero-order valence-corrected chi connectivity index (χ0v) is 11.3. The van der Waals surface area contributed by atoms with Crippen LogP contribution in [0.4, 0.5) is 5.69 Å². The molecular formula is C15H20N2O2. The Morgan fingerprint density at radius 1 is 1.32 bits per heavy atom. The quantitative estimate of drug-likeness (QED) is 0.848. The molecule has 1 atom stereocenters. The number of hydrogen-bond acceptors (Lipinski definition) is 2. The number of carbonyl (C=O) groups excluding carboxylic acids is 2. The van der Waals surface area contributed by atoms with Crippen LogP contribution in [-0.2, 0) is 9.59 Å². The minimum absolute atomic E-state index is 0.0678. The molecule has 1 aromatic rings. The van der Waals surface area contributed by atoms with Crippen molar-refractivity contribution in [1.29, 1.82) is 0 Å². The first-order valence-electron chi connectivity index (χ1n) is 6.78. The molecular weight excluding hydrogens is 240 g/mol. The van der Waals surface area contributed by atoms with Crippen LogP contribution in [0.5, 0.6) is 0 Å². The Kier molecular flexibility index (Phi) is 4.55. The molecule has 1 unspecified atom stereocenters. The Morgan fingerprint density at radius 2 is 2.05 bits per heavy atom. The van der Waals surface area contributed by atoms with Crippen LogP contribution in [0.15, 0.2) is 30.3 Å². The number of hydrogen-bond donors (Lipinski definition) is 1. The number of benzene rings is 1. The van der Waals surface area contributed by atoms with E-state index >= 15 is 0 Å². The van der Waals surface area contributed by atoms with Gasteiger partial charge in [0.05, 0.1) is 0 Å². The van der Waals surface area contributed by atoms with E-state index in [1.54, 1.807) is 4.90 Å². The smallest absolute Gasteiger partial charge is 0.233 e. The maximum Gasteiger partial charge on any atom is 0.233 e. The topological polar surface area (TPSA) is 49.4 Å². The zero-order chi connectivity index (χ0) is 13.7. The van der Waals surface area contributed by atoms with Crippen LogP contribution in [-0.4, -0.2) is 29.8 Å². The van der Waals surface area contributed by atoms with Crippen molar-refractivity contribution < 1.29 is 9.59 Å². The molecule has 0 spiro atoms. The van der Waals surface area contributed by atoms with Gasteiger partial charge in [0.2, 0.25) is 11.8 Å². The van der Waals surface area contributed by atoms with E-state index < -0.39 is 0 Å². The van der Waals surface area contributed by atoms with Crippen LogP contribution in [0.2, 0.25) is 0 Å². The summed E-state index contributed by atoms with van der Waals surface area (Å²) in [6, 6.07) is 9.21. The van der Waals surface area contributed by atoms with Gasteiger partial charge in [-0.3, -0.25) is 9.59 Å². The fourth-order valence-corrected chi connectivity index (χ4v) is 2.39. The van der Waals surface area contributed by atoms with Crippen LogP contribution >= 0.6 is 0 Å². The highest BCUT2D eigenvalue weighted by Crippen LogP contribution is 2.16. The van der Waals surface area contributed by atoms with E-state index in [1.807, 2.05) is 30.3 Å². The molecule has 0 aromatic heterocycles. The molecule has 0 bridgehead atoms. The third-order valence-electron chi connectivity index (χ3n) is 3.38. The number of anilines is 1. The molecule has 4 nitrogen and oxygen atoms in total. The fraction of sp³-hybridized carbons (Fsp3) is 0.467. The second kappa shape index (κ2) is 6.36. The third-order valence-corrected chi connectivity index (χ3v) is 3.38. The van der Waals surface area contributed by atoms with Gasteiger partial charge in [-0.05, 0) is 30.9 Å². The van der Waals surface area contributed by atoms with E-state index in [9.17, 15) is 9.59 Å². The molecule has 1 heterocycles. The molecule has 2 amide bonds. The van der Waals surface area contributed by atoms with Crippen molar-refractivity contribution in [3.05, 3.63) is 30.3 Å². The lowest BCUT2D eigenvalue weighted by molar-refractivity contribution is -0.136. The molecule has 1 aromatic carbocycles. The molecule has 19 heavy (non-hydrogen) atoms. The molecule has 2 rings (SSSR count). The molecule has 1 aliphatic rings. The Labute approximate surface area is 113 Å². The Morgan fingerprint density at radius 3 is 2.74 bits per heavy atom. The Balaban J connectivity index is 1.83. The summed E-state index contributed by atoms with van der Waals surface area (Å²) in [6.07, 6.45) is 2.13. The van der Waals surface area contributed by atoms with Crippen molar-refractivity contribution in [2.24, 2.45) is 5.92 Å². The van der Waals surface area contributed by atoms with Crippen LogP contribution < -0.4 is 5.32 Å². The summed E-state index contributed by atoms with van der Waals surface area (Å²) in [4.78, 5) is 25.6. The van der Waals surface area contributed by atoms with Crippen molar-refractivity contribution in [3.8, 4) is 0 Å². The van der Waals surface area contributed by atoms with Gasteiger partial charge in [0.15, 0.2) is 0 Å². The molecule has 0 aliphatic carbocycles. The SMILES string of the molecule is CC1CCCN(C(=O)CC(=O)Nc2ccccc2)C1. The summed E-state index contributed by atoms with van der Waals surface area (Å²) in [5.41, 5.74) is 0.729. The molecule has 1 aliphatic heterocycles. The summed E-state index contributed by atoms with van der Waals surface area (Å²) in [5.74, 6) is 0.226. The second-order valence-electron chi connectivity index (χ2n) is 5.18. The number of nitrogens with zero attached hydrogens (tertiary/aromatic N) is 1. The van der Waals surface area contributed by atoms with Crippen LogP contribution in [0, 0.1) is 5.92 Å². The van der Waals surface area contributed by atoms with Crippen LogP contribution in [0.25, 0.3) is 0 Å². The maximum absolute atomic E-state index is 12.0. The van der Waals surface area contributed by atoms with E-state index in [0.717, 1.165) is 25.2 Å². The lowest BCUT2D eigenvalue weighted by Gasteiger charge is -2.30. The number of likely N-dealkylation sites (tertiary alicyclic amines) is 1. The normalized spacial score (nSPS) is 19.0. The van der Waals surface area contributed by atoms with Gasteiger partial charge >= 0.3 is 0 Å². The number of rotatable bonds is 3. The zero-order valence-electron chi connectivity index (χ0n) is 11.3. The fourth-order valence-electron chi connectivity index (χ4n) is 2.39. The largest absolute Gasteiger partial charge is 0.342 e. The number of amides is 2. The first-order valence-corrected chi connectivity index (χ1v) is 6.78. The number of para-hydroxylation sites is 1. The van der Waals surface area contributed by atoms with Crippen molar-refractivity contribution in [2.45, 2.75) is 26.2 Å². The molecule has 1 fully saturated rings. The molecule has 4 heteroatoms. The summed E-state index contributed by atoms with van der Waals surface area (Å²) in [6.45, 7) is 3.70. The van der Waals surface area contributed by atoms with Gasteiger partial charge in [0.1, 0.15) is 6.42 Å². The number of piperidine rings is 1. The molecule has 102 valence electrons. The molecule has 0 radical (unpaired) electrons. The number of nitrogens with one attached hydrogen (secondary N) is 1. The maximum atomic E-state index is 12.0. The van der Waals surface area contributed by atoms with Gasteiger partial charge in [0, 0.05) is 18.8 Å². The molecule has 1 N–H and O–H groups in total. The predicted octanol–water partition coefficient (Wildman–Crippen LogP) is 2.27. The monoisotopic (exact) mass is 260 g/mol. The summed E-state index contributed by atoms with van der Waals surface area (Å²) in [7, 11) is 0. The van der Waals surface area contributed by atoms with Gasteiger partial charge < -0.3 is 10.2 Å². The van der Waals surface area contributed by atoms with E-state index in [2.05, 4.69) is 12.2 Å². The highest BCUT2D eigenvalue weighted by atomic mass is 16.2. The van der Waals surface area contributed by atoms with E-state index in [-0.39, 0.29) is 18.2 Å². The van der Waals surface area contributed by atoms with Gasteiger partial charge in [-0.25, -0.2) is 0 Å². The van der Waals surface area contributed by atoms with Gasteiger partial charge in [-0.1, -0.05) is 25.1 Å². The molecule has 1 saturated heterocycles. The lowest BCUT2D eigenvalue weighted by Crippen LogP contribution is -2.40. The predicted molar refractivity (Wildman–Crippen MR) is 74.7 cm³/mol. The van der Waals surface area contributed by atoms with Crippen molar-refractivity contribution >= 4 is 17.5 Å². The first-order chi connectivity index (χ1) is 9.15. The minimum atomic E-state index is -0.241. The third kappa shape index (κ3) is 4.09. The Bertz CT molecular complexity index is 445. The second-order valence-corrected chi connectivity index (χ2v) is 5.18. The summed E-state index contributed by atoms with van der Waals surface area (Å²) in [5, 5.41) is 2.74. The highest BCUT2D eigenvalue weighted by molar-refractivity contribution is 6.03. The summed E-state index contributed by atoms with van der Waals surface area (Å²) >= 11 is 0. The first kappa shape index (κ1) is 13.6. The van der Waals surface area contributed by atoms with Crippen LogP contribution in [0.1, 0.15) is 26.2 Å². The Hall–Kier alpha value is -1.84. The minimum Gasteiger partial charge on any atom is -0.342 e.